The molecule has 1 aromatic heterocycles. The number of hydrogen-bond donors (Lipinski definition) is 2. The topological polar surface area (TPSA) is 80.4 Å². The van der Waals surface area contributed by atoms with Gasteiger partial charge in [-0.2, -0.15) is 0 Å². The molecule has 1 amide bonds. The van der Waals surface area contributed by atoms with Crippen molar-refractivity contribution in [1.82, 2.24) is 4.98 Å². The average Bonchev–Trinajstić information content (AvgIpc) is 2.68. The van der Waals surface area contributed by atoms with E-state index in [1.807, 2.05) is 0 Å². The van der Waals surface area contributed by atoms with Gasteiger partial charge in [0.15, 0.2) is 17.3 Å². The normalized spacial score (nSPS) is 10.4. The van der Waals surface area contributed by atoms with Crippen molar-refractivity contribution in [3.63, 3.8) is 0 Å². The summed E-state index contributed by atoms with van der Waals surface area (Å²) in [6, 6.07) is 11.0. The maximum Gasteiger partial charge on any atom is 0.259 e. The number of halogens is 2. The predicted molar refractivity (Wildman–Crippen MR) is 99.3 cm³/mol. The van der Waals surface area contributed by atoms with E-state index in [0.29, 0.717) is 0 Å². The van der Waals surface area contributed by atoms with Crippen LogP contribution in [0.15, 0.2) is 59.5 Å². The molecule has 0 fully saturated rings. The Morgan fingerprint density at radius 1 is 1.14 bits per heavy atom. The van der Waals surface area contributed by atoms with Gasteiger partial charge in [0, 0.05) is 18.0 Å². The minimum absolute atomic E-state index is 0.0152. The van der Waals surface area contributed by atoms with Gasteiger partial charge in [0.25, 0.3) is 5.91 Å². The van der Waals surface area contributed by atoms with Crippen LogP contribution in [0.1, 0.15) is 15.9 Å². The van der Waals surface area contributed by atoms with Crippen molar-refractivity contribution >= 4 is 11.6 Å². The number of benzene rings is 2. The molecule has 0 saturated carbocycles. The first-order valence-electron chi connectivity index (χ1n) is 8.21. The molecule has 0 unspecified atom stereocenters. The summed E-state index contributed by atoms with van der Waals surface area (Å²) in [4.78, 5) is 26.5. The molecule has 0 saturated heterocycles. The van der Waals surface area contributed by atoms with E-state index in [9.17, 15) is 18.4 Å². The number of rotatable bonds is 6. The zero-order valence-electron chi connectivity index (χ0n) is 14.8. The standard InChI is InChI=1S/C20H16F2N2O4/c1-27-19-15(22)3-2-4-16(19)28-17-9-12(11-21)5-6-14(17)20(26)24-13-7-8-23-18(25)10-13/h2-10H,11H2,1H3,(H2,23,24,25,26). The molecule has 0 radical (unpaired) electrons. The number of alkyl halides is 1. The van der Waals surface area contributed by atoms with Crippen LogP contribution in [0.2, 0.25) is 0 Å². The summed E-state index contributed by atoms with van der Waals surface area (Å²) in [7, 11) is 1.28. The summed E-state index contributed by atoms with van der Waals surface area (Å²) < 4.78 is 37.7. The van der Waals surface area contributed by atoms with Crippen LogP contribution in [0.25, 0.3) is 0 Å². The van der Waals surface area contributed by atoms with Gasteiger partial charge in [0.1, 0.15) is 12.4 Å². The van der Waals surface area contributed by atoms with Crippen molar-refractivity contribution in [2.75, 3.05) is 12.4 Å². The van der Waals surface area contributed by atoms with Crippen molar-refractivity contribution in [3.8, 4) is 17.2 Å². The summed E-state index contributed by atoms with van der Waals surface area (Å²) in [5, 5.41) is 2.56. The summed E-state index contributed by atoms with van der Waals surface area (Å²) in [5.41, 5.74) is 0.242. The van der Waals surface area contributed by atoms with Crippen LogP contribution in [0, 0.1) is 5.82 Å². The molecule has 0 aliphatic heterocycles. The smallest absolute Gasteiger partial charge is 0.259 e. The minimum Gasteiger partial charge on any atom is -0.490 e. The number of ether oxygens (including phenoxy) is 2. The molecule has 3 rings (SSSR count). The number of nitrogens with one attached hydrogen (secondary N) is 2. The molecule has 2 aromatic carbocycles. The number of aromatic amines is 1. The lowest BCUT2D eigenvalue weighted by atomic mass is 10.1. The number of carbonyl (C=O) groups is 1. The minimum atomic E-state index is -0.771. The molecule has 6 nitrogen and oxygen atoms in total. The largest absolute Gasteiger partial charge is 0.490 e. The number of H-pyrrole nitrogens is 1. The Balaban J connectivity index is 1.97. The third-order valence-electron chi connectivity index (χ3n) is 3.83. The van der Waals surface area contributed by atoms with Crippen LogP contribution in [0.5, 0.6) is 17.2 Å². The Hall–Kier alpha value is -3.68. The SMILES string of the molecule is COc1c(F)cccc1Oc1cc(CF)ccc1C(=O)Nc1cc[nH]c(=O)c1. The van der Waals surface area contributed by atoms with Gasteiger partial charge < -0.3 is 19.8 Å². The molecule has 28 heavy (non-hydrogen) atoms. The molecular formula is C20H16F2N2O4. The number of pyridine rings is 1. The summed E-state index contributed by atoms with van der Waals surface area (Å²) in [6.45, 7) is -0.771. The molecule has 0 aliphatic carbocycles. The van der Waals surface area contributed by atoms with Crippen molar-refractivity contribution in [2.24, 2.45) is 0 Å². The highest BCUT2D eigenvalue weighted by molar-refractivity contribution is 6.06. The third kappa shape index (κ3) is 4.17. The van der Waals surface area contributed by atoms with E-state index >= 15 is 0 Å². The van der Waals surface area contributed by atoms with Crippen molar-refractivity contribution in [2.45, 2.75) is 6.67 Å². The zero-order valence-corrected chi connectivity index (χ0v) is 14.8. The fraction of sp³-hybridized carbons (Fsp3) is 0.100. The Morgan fingerprint density at radius 3 is 2.68 bits per heavy atom. The van der Waals surface area contributed by atoms with Crippen LogP contribution < -0.4 is 20.3 Å². The van der Waals surface area contributed by atoms with Gasteiger partial charge in [0.05, 0.1) is 12.7 Å². The lowest BCUT2D eigenvalue weighted by molar-refractivity contribution is 0.102. The van der Waals surface area contributed by atoms with Gasteiger partial charge in [0.2, 0.25) is 5.56 Å². The molecule has 0 aliphatic rings. The van der Waals surface area contributed by atoms with Crippen LogP contribution in [-0.2, 0) is 6.67 Å². The maximum atomic E-state index is 13.9. The molecule has 1 heterocycles. The van der Waals surface area contributed by atoms with E-state index in [1.54, 1.807) is 0 Å². The highest BCUT2D eigenvalue weighted by atomic mass is 19.1. The Bertz CT molecular complexity index is 1070. The number of amides is 1. The molecule has 3 aromatic rings. The molecule has 0 bridgehead atoms. The average molecular weight is 386 g/mol. The lowest BCUT2D eigenvalue weighted by Crippen LogP contribution is -2.15. The summed E-state index contributed by atoms with van der Waals surface area (Å²) in [5.74, 6) is -1.32. The van der Waals surface area contributed by atoms with Gasteiger partial charge in [-0.05, 0) is 35.9 Å². The summed E-state index contributed by atoms with van der Waals surface area (Å²) in [6.07, 6.45) is 1.39. The Labute approximate surface area is 158 Å². The van der Waals surface area contributed by atoms with E-state index in [-0.39, 0.29) is 39.6 Å². The monoisotopic (exact) mass is 386 g/mol. The lowest BCUT2D eigenvalue weighted by Gasteiger charge is -2.15. The van der Waals surface area contributed by atoms with Gasteiger partial charge in [-0.3, -0.25) is 9.59 Å². The number of carbonyl (C=O) groups excluding carboxylic acids is 1. The molecule has 8 heteroatoms. The fourth-order valence-corrected chi connectivity index (χ4v) is 2.53. The molecule has 0 spiro atoms. The second kappa shape index (κ2) is 8.34. The molecule has 0 atom stereocenters. The highest BCUT2D eigenvalue weighted by Crippen LogP contribution is 2.35. The Morgan fingerprint density at radius 2 is 1.96 bits per heavy atom. The van der Waals surface area contributed by atoms with E-state index < -0.39 is 18.4 Å². The quantitative estimate of drug-likeness (QED) is 0.670. The van der Waals surface area contributed by atoms with Gasteiger partial charge in [-0.25, -0.2) is 8.78 Å². The van der Waals surface area contributed by atoms with Gasteiger partial charge in [-0.1, -0.05) is 12.1 Å². The predicted octanol–water partition coefficient (Wildman–Crippen LogP) is 4.04. The van der Waals surface area contributed by atoms with Crippen LogP contribution >= 0.6 is 0 Å². The second-order valence-electron chi connectivity index (χ2n) is 5.73. The van der Waals surface area contributed by atoms with E-state index in [2.05, 4.69) is 10.3 Å². The van der Waals surface area contributed by atoms with Crippen LogP contribution in [0.4, 0.5) is 14.5 Å². The van der Waals surface area contributed by atoms with E-state index in [0.717, 1.165) is 0 Å². The number of methoxy groups -OCH3 is 1. The zero-order chi connectivity index (χ0) is 20.1. The summed E-state index contributed by atoms with van der Waals surface area (Å²) >= 11 is 0. The first-order valence-corrected chi connectivity index (χ1v) is 8.21. The number of aromatic nitrogens is 1. The first-order chi connectivity index (χ1) is 13.5. The van der Waals surface area contributed by atoms with Gasteiger partial charge in [-0.15, -0.1) is 0 Å². The van der Waals surface area contributed by atoms with E-state index in [4.69, 9.17) is 9.47 Å². The van der Waals surface area contributed by atoms with Crippen molar-refractivity contribution in [1.29, 1.82) is 0 Å². The van der Waals surface area contributed by atoms with Crippen molar-refractivity contribution in [3.05, 3.63) is 82.0 Å². The van der Waals surface area contributed by atoms with Crippen LogP contribution in [0.3, 0.4) is 0 Å². The molecular weight excluding hydrogens is 370 g/mol. The Kier molecular flexibility index (Phi) is 5.69. The fourth-order valence-electron chi connectivity index (χ4n) is 2.53. The third-order valence-corrected chi connectivity index (χ3v) is 3.83. The molecule has 2 N–H and O–H groups in total. The van der Waals surface area contributed by atoms with Gasteiger partial charge >= 0.3 is 0 Å². The van der Waals surface area contributed by atoms with Crippen molar-refractivity contribution < 1.29 is 23.0 Å². The van der Waals surface area contributed by atoms with Crippen LogP contribution in [-0.4, -0.2) is 18.0 Å². The maximum absolute atomic E-state index is 13.9. The molecule has 144 valence electrons. The number of para-hydroxylation sites is 1. The first kappa shape index (κ1) is 19.1. The highest BCUT2D eigenvalue weighted by Gasteiger charge is 2.18. The number of anilines is 1. The van der Waals surface area contributed by atoms with E-state index in [1.165, 1.54) is 61.8 Å². The second-order valence-corrected chi connectivity index (χ2v) is 5.73. The number of hydrogen-bond acceptors (Lipinski definition) is 4.